The molecular formula is C38H46O2S2. The maximum Gasteiger partial charge on any atom is 0.233 e. The van der Waals surface area contributed by atoms with E-state index >= 15 is 0 Å². The van der Waals surface area contributed by atoms with Gasteiger partial charge in [-0.2, -0.15) is 0 Å². The molecule has 2 heterocycles. The van der Waals surface area contributed by atoms with Crippen molar-refractivity contribution >= 4 is 34.2 Å². The first-order chi connectivity index (χ1) is 20.6. The maximum absolute atomic E-state index is 13.0. The Hall–Kier alpha value is -2.82. The quantitative estimate of drug-likeness (QED) is 0.0611. The number of thiophene rings is 2. The maximum atomic E-state index is 13.0. The van der Waals surface area contributed by atoms with Gasteiger partial charge < -0.3 is 0 Å². The molecule has 0 fully saturated rings. The summed E-state index contributed by atoms with van der Waals surface area (Å²) < 4.78 is 0. The lowest BCUT2D eigenvalue weighted by atomic mass is 9.99. The SMILES string of the molecule is CCCCCCCCc1ccc(-c2ccc(C(=O)C(=O)c3ccc(-c4ccc(CCCCCCCC)s4)cc3)cc2)s1. The molecule has 222 valence electrons. The molecule has 2 aromatic carbocycles. The molecule has 2 aromatic heterocycles. The van der Waals surface area contributed by atoms with Gasteiger partial charge in [0, 0.05) is 30.6 Å². The van der Waals surface area contributed by atoms with Gasteiger partial charge in [0.2, 0.25) is 11.6 Å². The zero-order valence-corrected chi connectivity index (χ0v) is 27.1. The van der Waals surface area contributed by atoms with Crippen LogP contribution in [0.25, 0.3) is 20.9 Å². The van der Waals surface area contributed by atoms with Crippen molar-refractivity contribution < 1.29 is 9.59 Å². The number of Topliss-reactive ketones (excluding diaryl/α,β-unsaturated/α-hetero) is 2. The summed E-state index contributed by atoms with van der Waals surface area (Å²) in [7, 11) is 0. The fraction of sp³-hybridized carbons (Fsp3) is 0.421. The largest absolute Gasteiger partial charge is 0.285 e. The van der Waals surface area contributed by atoms with E-state index in [4.69, 9.17) is 0 Å². The second kappa shape index (κ2) is 17.3. The highest BCUT2D eigenvalue weighted by Gasteiger charge is 2.19. The van der Waals surface area contributed by atoms with E-state index in [9.17, 15) is 9.59 Å². The lowest BCUT2D eigenvalue weighted by molar-refractivity contribution is 0.0817. The molecule has 0 saturated carbocycles. The summed E-state index contributed by atoms with van der Waals surface area (Å²) in [4.78, 5) is 31.3. The molecule has 0 saturated heterocycles. The summed E-state index contributed by atoms with van der Waals surface area (Å²) in [5.74, 6) is -0.914. The molecule has 0 bridgehead atoms. The van der Waals surface area contributed by atoms with Gasteiger partial charge in [-0.3, -0.25) is 9.59 Å². The highest BCUT2D eigenvalue weighted by Crippen LogP contribution is 2.31. The van der Waals surface area contributed by atoms with E-state index in [0.717, 1.165) is 24.0 Å². The van der Waals surface area contributed by atoms with Gasteiger partial charge in [-0.25, -0.2) is 0 Å². The van der Waals surface area contributed by atoms with Crippen LogP contribution in [0.4, 0.5) is 0 Å². The Kier molecular flexibility index (Phi) is 13.2. The smallest absolute Gasteiger partial charge is 0.233 e. The third-order valence-corrected chi connectivity index (χ3v) is 10.3. The topological polar surface area (TPSA) is 34.1 Å². The van der Waals surface area contributed by atoms with Gasteiger partial charge in [-0.15, -0.1) is 22.7 Å². The Balaban J connectivity index is 1.27. The van der Waals surface area contributed by atoms with Crippen molar-refractivity contribution in [1.82, 2.24) is 0 Å². The summed E-state index contributed by atoms with van der Waals surface area (Å²) in [5, 5.41) is 0. The Morgan fingerprint density at radius 2 is 0.810 bits per heavy atom. The van der Waals surface area contributed by atoms with Gasteiger partial charge in [0.25, 0.3) is 0 Å². The molecule has 4 heteroatoms. The zero-order chi connectivity index (χ0) is 29.6. The number of hydrogen-bond donors (Lipinski definition) is 0. The number of carbonyl (C=O) groups is 2. The zero-order valence-electron chi connectivity index (χ0n) is 25.5. The van der Waals surface area contributed by atoms with E-state index in [0.29, 0.717) is 11.1 Å². The average molecular weight is 599 g/mol. The van der Waals surface area contributed by atoms with E-state index in [1.165, 1.54) is 96.6 Å². The van der Waals surface area contributed by atoms with E-state index in [-0.39, 0.29) is 0 Å². The molecule has 4 aromatic rings. The minimum atomic E-state index is -0.457. The number of ketones is 2. The monoisotopic (exact) mass is 598 g/mol. The van der Waals surface area contributed by atoms with E-state index in [1.54, 1.807) is 24.3 Å². The average Bonchev–Trinajstić information content (AvgIpc) is 3.70. The predicted molar refractivity (Wildman–Crippen MR) is 182 cm³/mol. The molecule has 0 spiro atoms. The fourth-order valence-electron chi connectivity index (χ4n) is 5.33. The Labute approximate surface area is 261 Å². The Morgan fingerprint density at radius 3 is 1.19 bits per heavy atom. The van der Waals surface area contributed by atoms with Crippen LogP contribution in [-0.2, 0) is 12.8 Å². The number of benzene rings is 2. The summed E-state index contributed by atoms with van der Waals surface area (Å²) in [6.07, 6.45) is 18.0. The van der Waals surface area contributed by atoms with Crippen LogP contribution in [0.3, 0.4) is 0 Å². The van der Waals surface area contributed by atoms with Crippen molar-refractivity contribution in [3.63, 3.8) is 0 Å². The number of unbranched alkanes of at least 4 members (excludes halogenated alkanes) is 10. The highest BCUT2D eigenvalue weighted by molar-refractivity contribution is 7.15. The van der Waals surface area contributed by atoms with Gasteiger partial charge in [0.1, 0.15) is 0 Å². The van der Waals surface area contributed by atoms with Crippen molar-refractivity contribution in [3.05, 3.63) is 93.7 Å². The van der Waals surface area contributed by atoms with Crippen LogP contribution < -0.4 is 0 Å². The van der Waals surface area contributed by atoms with Crippen LogP contribution in [0.1, 0.15) is 121 Å². The molecule has 42 heavy (non-hydrogen) atoms. The van der Waals surface area contributed by atoms with Crippen molar-refractivity contribution in [3.8, 4) is 20.9 Å². The van der Waals surface area contributed by atoms with Crippen LogP contribution in [0.5, 0.6) is 0 Å². The molecular weight excluding hydrogens is 553 g/mol. The third kappa shape index (κ3) is 9.61. The first-order valence-electron chi connectivity index (χ1n) is 16.1. The fourth-order valence-corrected chi connectivity index (χ4v) is 7.44. The molecule has 0 unspecified atom stereocenters. The minimum absolute atomic E-state index is 0.439. The van der Waals surface area contributed by atoms with Crippen molar-refractivity contribution in [2.45, 2.75) is 104 Å². The van der Waals surface area contributed by atoms with Crippen molar-refractivity contribution in [2.75, 3.05) is 0 Å². The third-order valence-electron chi connectivity index (χ3n) is 7.95. The first-order valence-corrected chi connectivity index (χ1v) is 17.7. The van der Waals surface area contributed by atoms with Crippen LogP contribution in [0, 0.1) is 0 Å². The number of hydrogen-bond acceptors (Lipinski definition) is 4. The Morgan fingerprint density at radius 1 is 0.452 bits per heavy atom. The summed E-state index contributed by atoms with van der Waals surface area (Å²) in [6.45, 7) is 4.51. The predicted octanol–water partition coefficient (Wildman–Crippen LogP) is 12.0. The number of carbonyl (C=O) groups excluding carboxylic acids is 2. The van der Waals surface area contributed by atoms with Crippen LogP contribution >= 0.6 is 22.7 Å². The molecule has 0 radical (unpaired) electrons. The first kappa shape index (κ1) is 32.1. The van der Waals surface area contributed by atoms with Crippen LogP contribution in [-0.4, -0.2) is 11.6 Å². The minimum Gasteiger partial charge on any atom is -0.285 e. The van der Waals surface area contributed by atoms with E-state index < -0.39 is 11.6 Å². The molecule has 0 aliphatic heterocycles. The van der Waals surface area contributed by atoms with Crippen LogP contribution in [0.15, 0.2) is 72.8 Å². The molecule has 0 aliphatic carbocycles. The second-order valence-electron chi connectivity index (χ2n) is 11.4. The van der Waals surface area contributed by atoms with E-state index in [1.807, 2.05) is 46.9 Å². The molecule has 4 rings (SSSR count). The van der Waals surface area contributed by atoms with Gasteiger partial charge in [-0.05, 0) is 61.1 Å². The highest BCUT2D eigenvalue weighted by atomic mass is 32.1. The number of aryl methyl sites for hydroxylation is 2. The second-order valence-corrected chi connectivity index (χ2v) is 13.7. The lowest BCUT2D eigenvalue weighted by Gasteiger charge is -2.04. The lowest BCUT2D eigenvalue weighted by Crippen LogP contribution is -2.14. The summed E-state index contributed by atoms with van der Waals surface area (Å²) >= 11 is 3.66. The molecule has 0 atom stereocenters. The summed E-state index contributed by atoms with van der Waals surface area (Å²) in [5.41, 5.74) is 3.06. The van der Waals surface area contributed by atoms with E-state index in [2.05, 4.69) is 38.1 Å². The molecule has 0 aliphatic rings. The van der Waals surface area contributed by atoms with Crippen molar-refractivity contribution in [1.29, 1.82) is 0 Å². The van der Waals surface area contributed by atoms with Crippen molar-refractivity contribution in [2.24, 2.45) is 0 Å². The molecule has 0 amide bonds. The van der Waals surface area contributed by atoms with Gasteiger partial charge in [0.15, 0.2) is 0 Å². The van der Waals surface area contributed by atoms with Gasteiger partial charge in [-0.1, -0.05) is 127 Å². The van der Waals surface area contributed by atoms with Crippen LogP contribution in [0.2, 0.25) is 0 Å². The Bertz CT molecular complexity index is 1270. The van der Waals surface area contributed by atoms with Gasteiger partial charge in [0.05, 0.1) is 0 Å². The molecule has 0 N–H and O–H groups in total. The normalized spacial score (nSPS) is 11.2. The standard InChI is InChI=1S/C38H46O2S2/c1-3-5-7-9-11-13-15-33-25-27-35(41-33)29-17-21-31(22-18-29)37(39)38(40)32-23-19-30(20-24-32)36-28-26-34(42-36)16-14-12-10-8-6-4-2/h17-28H,3-16H2,1-2H3. The van der Waals surface area contributed by atoms with Gasteiger partial charge >= 0.3 is 0 Å². The summed E-state index contributed by atoms with van der Waals surface area (Å²) in [6, 6.07) is 23.8. The number of rotatable bonds is 19. The molecule has 2 nitrogen and oxygen atoms in total.